The highest BCUT2D eigenvalue weighted by Crippen LogP contribution is 2.29. The predicted octanol–water partition coefficient (Wildman–Crippen LogP) is 2.74. The van der Waals surface area contributed by atoms with Crippen molar-refractivity contribution < 1.29 is 13.9 Å². The second-order valence-corrected chi connectivity index (χ2v) is 4.56. The number of hydrogen-bond acceptors (Lipinski definition) is 4. The second kappa shape index (κ2) is 4.77. The lowest BCUT2D eigenvalue weighted by atomic mass is 10.1. The molecule has 1 aromatic carbocycles. The number of aliphatic hydroxyl groups is 1. The Balaban J connectivity index is 2.22. The minimum absolute atomic E-state index is 0.0650. The SMILES string of the molecule is Nc1ncc(C(O)c2ccc(C(F)F)cc2)s1. The Bertz CT molecular complexity index is 498. The quantitative estimate of drug-likeness (QED) is 0.887. The van der Waals surface area contributed by atoms with Crippen LogP contribution in [0.2, 0.25) is 0 Å². The molecule has 0 aliphatic heterocycles. The standard InChI is InChI=1S/C11H10F2N2OS/c12-10(13)7-3-1-6(2-4-7)9(16)8-5-15-11(14)17-8/h1-5,9-10,16H,(H2,14,15). The number of aliphatic hydroxyl groups excluding tert-OH is 1. The lowest BCUT2D eigenvalue weighted by Crippen LogP contribution is -1.97. The number of nitrogens with two attached hydrogens (primary N) is 1. The fraction of sp³-hybridized carbons (Fsp3) is 0.182. The molecule has 0 radical (unpaired) electrons. The third-order valence-corrected chi connectivity index (χ3v) is 3.19. The van der Waals surface area contributed by atoms with Crippen LogP contribution in [0, 0.1) is 0 Å². The summed E-state index contributed by atoms with van der Waals surface area (Å²) in [6.45, 7) is 0. The molecule has 2 rings (SSSR count). The molecule has 0 saturated carbocycles. The molecule has 2 aromatic rings. The minimum Gasteiger partial charge on any atom is -0.383 e. The first-order valence-corrected chi connectivity index (χ1v) is 5.67. The van der Waals surface area contributed by atoms with E-state index in [0.717, 1.165) is 0 Å². The van der Waals surface area contributed by atoms with Gasteiger partial charge in [-0.1, -0.05) is 35.6 Å². The van der Waals surface area contributed by atoms with Gasteiger partial charge in [-0.15, -0.1) is 0 Å². The van der Waals surface area contributed by atoms with Gasteiger partial charge < -0.3 is 10.8 Å². The van der Waals surface area contributed by atoms with Crippen LogP contribution in [-0.2, 0) is 0 Å². The van der Waals surface area contributed by atoms with Crippen molar-refractivity contribution in [2.24, 2.45) is 0 Å². The van der Waals surface area contributed by atoms with Crippen molar-refractivity contribution in [3.8, 4) is 0 Å². The highest BCUT2D eigenvalue weighted by molar-refractivity contribution is 7.15. The molecule has 0 spiro atoms. The summed E-state index contributed by atoms with van der Waals surface area (Å²) in [5.74, 6) is 0. The highest BCUT2D eigenvalue weighted by Gasteiger charge is 2.14. The number of halogens is 2. The van der Waals surface area contributed by atoms with Crippen molar-refractivity contribution in [1.82, 2.24) is 4.98 Å². The zero-order chi connectivity index (χ0) is 12.4. The monoisotopic (exact) mass is 256 g/mol. The molecule has 17 heavy (non-hydrogen) atoms. The van der Waals surface area contributed by atoms with Crippen LogP contribution in [0.4, 0.5) is 13.9 Å². The van der Waals surface area contributed by atoms with Crippen molar-refractivity contribution in [3.05, 3.63) is 46.5 Å². The van der Waals surface area contributed by atoms with Crippen LogP contribution in [0.5, 0.6) is 0 Å². The van der Waals surface area contributed by atoms with Crippen LogP contribution >= 0.6 is 11.3 Å². The molecule has 0 saturated heterocycles. The fourth-order valence-electron chi connectivity index (χ4n) is 1.42. The molecule has 1 unspecified atom stereocenters. The Hall–Kier alpha value is -1.53. The van der Waals surface area contributed by atoms with E-state index in [4.69, 9.17) is 5.73 Å². The van der Waals surface area contributed by atoms with Crippen LogP contribution in [0.25, 0.3) is 0 Å². The number of aromatic nitrogens is 1. The summed E-state index contributed by atoms with van der Waals surface area (Å²) >= 11 is 1.17. The van der Waals surface area contributed by atoms with E-state index in [0.29, 0.717) is 15.6 Å². The molecule has 1 aromatic heterocycles. The van der Waals surface area contributed by atoms with Gasteiger partial charge in [-0.3, -0.25) is 0 Å². The van der Waals surface area contributed by atoms with E-state index in [-0.39, 0.29) is 5.56 Å². The van der Waals surface area contributed by atoms with Gasteiger partial charge in [-0.2, -0.15) is 0 Å². The van der Waals surface area contributed by atoms with Crippen LogP contribution < -0.4 is 5.73 Å². The van der Waals surface area contributed by atoms with Crippen molar-refractivity contribution >= 4 is 16.5 Å². The first-order chi connectivity index (χ1) is 8.08. The molecular weight excluding hydrogens is 246 g/mol. The van der Waals surface area contributed by atoms with E-state index < -0.39 is 12.5 Å². The van der Waals surface area contributed by atoms with Crippen LogP contribution in [0.15, 0.2) is 30.5 Å². The fourth-order valence-corrected chi connectivity index (χ4v) is 2.12. The van der Waals surface area contributed by atoms with Crippen molar-refractivity contribution in [2.75, 3.05) is 5.73 Å². The van der Waals surface area contributed by atoms with Crippen molar-refractivity contribution in [1.29, 1.82) is 0 Å². The van der Waals surface area contributed by atoms with E-state index in [9.17, 15) is 13.9 Å². The van der Waals surface area contributed by atoms with Gasteiger partial charge in [0.05, 0.1) is 4.88 Å². The molecule has 0 amide bonds. The topological polar surface area (TPSA) is 59.1 Å². The maximum atomic E-state index is 12.3. The van der Waals surface area contributed by atoms with E-state index in [1.54, 1.807) is 0 Å². The Morgan fingerprint density at radius 3 is 2.24 bits per heavy atom. The summed E-state index contributed by atoms with van der Waals surface area (Å²) < 4.78 is 24.7. The molecule has 90 valence electrons. The lowest BCUT2D eigenvalue weighted by Gasteiger charge is -2.09. The average Bonchev–Trinajstić information content (AvgIpc) is 2.75. The van der Waals surface area contributed by atoms with Gasteiger partial charge >= 0.3 is 0 Å². The molecule has 3 nitrogen and oxygen atoms in total. The normalized spacial score (nSPS) is 12.9. The Morgan fingerprint density at radius 2 is 1.76 bits per heavy atom. The van der Waals surface area contributed by atoms with Gasteiger partial charge in [-0.25, -0.2) is 13.8 Å². The highest BCUT2D eigenvalue weighted by atomic mass is 32.1. The van der Waals surface area contributed by atoms with E-state index >= 15 is 0 Å². The van der Waals surface area contributed by atoms with E-state index in [1.807, 2.05) is 0 Å². The predicted molar refractivity (Wildman–Crippen MR) is 62.0 cm³/mol. The van der Waals surface area contributed by atoms with Crippen LogP contribution in [-0.4, -0.2) is 10.1 Å². The van der Waals surface area contributed by atoms with Gasteiger partial charge in [0, 0.05) is 11.8 Å². The van der Waals surface area contributed by atoms with Crippen LogP contribution in [0.3, 0.4) is 0 Å². The number of alkyl halides is 2. The summed E-state index contributed by atoms with van der Waals surface area (Å²) in [6, 6.07) is 5.55. The van der Waals surface area contributed by atoms with E-state index in [1.165, 1.54) is 41.8 Å². The summed E-state index contributed by atoms with van der Waals surface area (Å²) in [5, 5.41) is 10.3. The molecule has 0 aliphatic carbocycles. The Kier molecular flexibility index (Phi) is 3.35. The van der Waals surface area contributed by atoms with Gasteiger partial charge in [0.2, 0.25) is 0 Å². The summed E-state index contributed by atoms with van der Waals surface area (Å²) in [6.07, 6.45) is -1.90. The van der Waals surface area contributed by atoms with Gasteiger partial charge in [0.15, 0.2) is 5.13 Å². The molecule has 0 aliphatic rings. The zero-order valence-electron chi connectivity index (χ0n) is 8.68. The molecule has 1 atom stereocenters. The summed E-state index contributed by atoms with van der Waals surface area (Å²) in [7, 11) is 0. The summed E-state index contributed by atoms with van der Waals surface area (Å²) in [4.78, 5) is 4.42. The maximum Gasteiger partial charge on any atom is 0.263 e. The molecule has 0 fully saturated rings. The smallest absolute Gasteiger partial charge is 0.263 e. The molecule has 6 heteroatoms. The number of rotatable bonds is 3. The zero-order valence-corrected chi connectivity index (χ0v) is 9.49. The second-order valence-electron chi connectivity index (χ2n) is 3.47. The number of nitrogens with zero attached hydrogens (tertiary/aromatic N) is 1. The average molecular weight is 256 g/mol. The Labute approximate surface area is 101 Å². The molecule has 1 heterocycles. The summed E-state index contributed by atoms with van der Waals surface area (Å²) in [5.41, 5.74) is 5.93. The number of thiazole rings is 1. The number of hydrogen-bond donors (Lipinski definition) is 2. The molecule has 3 N–H and O–H groups in total. The Morgan fingerprint density at radius 1 is 1.18 bits per heavy atom. The molecule has 0 bridgehead atoms. The van der Waals surface area contributed by atoms with Gasteiger partial charge in [0.25, 0.3) is 6.43 Å². The van der Waals surface area contributed by atoms with Crippen molar-refractivity contribution in [2.45, 2.75) is 12.5 Å². The first kappa shape index (κ1) is 11.9. The largest absolute Gasteiger partial charge is 0.383 e. The number of anilines is 1. The maximum absolute atomic E-state index is 12.3. The van der Waals surface area contributed by atoms with Gasteiger partial charge in [0.1, 0.15) is 6.10 Å². The van der Waals surface area contributed by atoms with Crippen molar-refractivity contribution in [3.63, 3.8) is 0 Å². The van der Waals surface area contributed by atoms with E-state index in [2.05, 4.69) is 4.98 Å². The minimum atomic E-state index is -2.50. The number of benzene rings is 1. The molecular formula is C11H10F2N2OS. The third kappa shape index (κ3) is 2.59. The van der Waals surface area contributed by atoms with Gasteiger partial charge in [-0.05, 0) is 5.56 Å². The third-order valence-electron chi connectivity index (χ3n) is 2.32. The van der Waals surface area contributed by atoms with Crippen LogP contribution in [0.1, 0.15) is 28.5 Å². The first-order valence-electron chi connectivity index (χ1n) is 4.85. The number of nitrogen functional groups attached to an aromatic ring is 1. The lowest BCUT2D eigenvalue weighted by molar-refractivity contribution is 0.151.